The van der Waals surface area contributed by atoms with Gasteiger partial charge in [-0.3, -0.25) is 9.69 Å². The number of fused-ring (bicyclic) bond motifs is 1. The van der Waals surface area contributed by atoms with E-state index in [-0.39, 0.29) is 11.9 Å². The Labute approximate surface area is 263 Å². The van der Waals surface area contributed by atoms with Crippen molar-refractivity contribution in [2.75, 3.05) is 52.0 Å². The number of carbonyl (C=O) groups excluding carboxylic acids is 1. The summed E-state index contributed by atoms with van der Waals surface area (Å²) in [6.45, 7) is 6.50. The highest BCUT2D eigenvalue weighted by molar-refractivity contribution is 5.98. The van der Waals surface area contributed by atoms with Crippen molar-refractivity contribution in [2.45, 2.75) is 25.4 Å². The lowest BCUT2D eigenvalue weighted by atomic mass is 10.0. The largest absolute Gasteiger partial charge is 0.457 e. The van der Waals surface area contributed by atoms with Gasteiger partial charge in [-0.1, -0.05) is 30.3 Å². The van der Waals surface area contributed by atoms with Gasteiger partial charge in [-0.05, 0) is 74.0 Å². The Morgan fingerprint density at radius 1 is 0.889 bits per heavy atom. The number of ether oxygens (including phenoxy) is 1. The predicted octanol–water partition coefficient (Wildman–Crippen LogP) is 5.09. The van der Waals surface area contributed by atoms with E-state index < -0.39 is 0 Å². The van der Waals surface area contributed by atoms with Crippen LogP contribution in [0.15, 0.2) is 85.2 Å². The fourth-order valence-corrected chi connectivity index (χ4v) is 6.30. The minimum Gasteiger partial charge on any atom is -0.457 e. The third-order valence-electron chi connectivity index (χ3n) is 8.86. The van der Waals surface area contributed by atoms with Crippen molar-refractivity contribution in [3.8, 4) is 22.8 Å². The molecule has 2 aromatic heterocycles. The number of anilines is 1. The van der Waals surface area contributed by atoms with Crippen LogP contribution in [-0.2, 0) is 6.54 Å². The lowest BCUT2D eigenvalue weighted by molar-refractivity contribution is 0.0675. The van der Waals surface area contributed by atoms with E-state index in [0.717, 1.165) is 62.6 Å². The molecule has 45 heavy (non-hydrogen) atoms. The van der Waals surface area contributed by atoms with Crippen LogP contribution in [0, 0.1) is 0 Å². The first-order valence-corrected chi connectivity index (χ1v) is 15.6. The second kappa shape index (κ2) is 12.7. The van der Waals surface area contributed by atoms with Crippen molar-refractivity contribution in [1.29, 1.82) is 0 Å². The molecule has 7 rings (SSSR count). The average Bonchev–Trinajstić information content (AvgIpc) is 3.48. The molecule has 2 aliphatic rings. The van der Waals surface area contributed by atoms with E-state index in [1.807, 2.05) is 76.3 Å². The maximum Gasteiger partial charge on any atom is 0.253 e. The van der Waals surface area contributed by atoms with Gasteiger partial charge >= 0.3 is 0 Å². The van der Waals surface area contributed by atoms with Crippen molar-refractivity contribution in [3.63, 3.8) is 0 Å². The van der Waals surface area contributed by atoms with Crippen molar-refractivity contribution >= 4 is 22.8 Å². The Balaban J connectivity index is 1.09. The van der Waals surface area contributed by atoms with Crippen LogP contribution in [0.25, 0.3) is 22.3 Å². The zero-order valence-electron chi connectivity index (χ0n) is 25.5. The molecule has 3 aromatic carbocycles. The molecule has 0 radical (unpaired) electrons. The Kier molecular flexibility index (Phi) is 8.15. The van der Waals surface area contributed by atoms with E-state index in [9.17, 15) is 4.79 Å². The van der Waals surface area contributed by atoms with Crippen LogP contribution in [0.2, 0.25) is 0 Å². The molecule has 0 bridgehead atoms. The molecule has 2 saturated heterocycles. The van der Waals surface area contributed by atoms with Gasteiger partial charge in [0.05, 0.1) is 11.4 Å². The lowest BCUT2D eigenvalue weighted by Crippen LogP contribution is -2.43. The second-order valence-electron chi connectivity index (χ2n) is 12.0. The number of nitrogen functional groups attached to an aromatic ring is 1. The molecule has 2 aliphatic heterocycles. The number of carbonyl (C=O) groups is 1. The lowest BCUT2D eigenvalue weighted by Gasteiger charge is -2.33. The molecule has 2 N–H and O–H groups in total. The number of piperazine rings is 1. The van der Waals surface area contributed by atoms with Gasteiger partial charge in [-0.25, -0.2) is 14.6 Å². The number of likely N-dealkylation sites (N-methyl/N-ethyl adjacent to an activating group) is 1. The third kappa shape index (κ3) is 6.25. The Hall–Kier alpha value is -4.80. The number of nitrogens with zero attached hydrogens (tertiary/aromatic N) is 7. The number of hydrogen-bond donors (Lipinski definition) is 1. The van der Waals surface area contributed by atoms with E-state index in [0.29, 0.717) is 41.2 Å². The van der Waals surface area contributed by atoms with Gasteiger partial charge in [0.1, 0.15) is 29.3 Å². The maximum atomic E-state index is 13.6. The summed E-state index contributed by atoms with van der Waals surface area (Å²) in [5, 5.41) is 5.76. The molecule has 2 fully saturated rings. The predicted molar refractivity (Wildman–Crippen MR) is 175 cm³/mol. The number of rotatable bonds is 7. The van der Waals surface area contributed by atoms with Crippen LogP contribution in [0.3, 0.4) is 0 Å². The standard InChI is InChI=1S/C35H38N8O2/c1-40-18-20-41(21-19-40)22-25-9-11-27(12-10-25)35(44)42-17-5-6-28(23-42)43-34-31(33(36)37-24-38-34)32(39-43)26-13-15-30(16-14-26)45-29-7-3-2-4-8-29/h2-4,7-16,24,28H,5-6,17-23H2,1H3,(H2,36,37,38). The molecule has 0 spiro atoms. The summed E-state index contributed by atoms with van der Waals surface area (Å²) in [5.74, 6) is 1.93. The molecule has 230 valence electrons. The van der Waals surface area contributed by atoms with Crippen molar-refractivity contribution in [2.24, 2.45) is 0 Å². The molecule has 4 heterocycles. The smallest absolute Gasteiger partial charge is 0.253 e. The van der Waals surface area contributed by atoms with E-state index in [2.05, 4.69) is 38.9 Å². The Morgan fingerprint density at radius 3 is 2.38 bits per heavy atom. The number of benzene rings is 3. The van der Waals surface area contributed by atoms with Crippen LogP contribution >= 0.6 is 0 Å². The first kappa shape index (κ1) is 28.9. The SMILES string of the molecule is CN1CCN(Cc2ccc(C(=O)N3CCCC(n4nc(-c5ccc(Oc6ccccc6)cc5)c5c(N)ncnc54)C3)cc2)CC1. The normalized spacial score (nSPS) is 17.9. The summed E-state index contributed by atoms with van der Waals surface area (Å²) in [7, 11) is 2.17. The number of nitrogens with two attached hydrogens (primary N) is 1. The van der Waals surface area contributed by atoms with Crippen molar-refractivity contribution < 1.29 is 9.53 Å². The molecule has 10 nitrogen and oxygen atoms in total. The zero-order chi connectivity index (χ0) is 30.8. The van der Waals surface area contributed by atoms with Crippen LogP contribution in [0.4, 0.5) is 5.82 Å². The van der Waals surface area contributed by atoms with Gasteiger partial charge in [-0.15, -0.1) is 0 Å². The molecular weight excluding hydrogens is 564 g/mol. The van der Waals surface area contributed by atoms with Crippen LogP contribution in [0.5, 0.6) is 11.5 Å². The van der Waals surface area contributed by atoms with E-state index in [4.69, 9.17) is 15.6 Å². The maximum absolute atomic E-state index is 13.6. The van der Waals surface area contributed by atoms with E-state index in [1.165, 1.54) is 11.9 Å². The summed E-state index contributed by atoms with van der Waals surface area (Å²) in [6.07, 6.45) is 3.24. The first-order chi connectivity index (χ1) is 22.0. The first-order valence-electron chi connectivity index (χ1n) is 15.6. The molecule has 1 unspecified atom stereocenters. The van der Waals surface area contributed by atoms with Gasteiger partial charge in [-0.2, -0.15) is 5.10 Å². The topological polar surface area (TPSA) is 106 Å². The van der Waals surface area contributed by atoms with Crippen LogP contribution in [0.1, 0.15) is 34.8 Å². The number of aromatic nitrogens is 4. The van der Waals surface area contributed by atoms with Crippen molar-refractivity contribution in [1.82, 2.24) is 34.4 Å². The van der Waals surface area contributed by atoms with Gasteiger partial charge in [0.15, 0.2) is 5.65 Å². The number of piperidine rings is 1. The van der Waals surface area contributed by atoms with Gasteiger partial charge in [0.2, 0.25) is 0 Å². The second-order valence-corrected chi connectivity index (χ2v) is 12.0. The Bertz CT molecular complexity index is 1760. The highest BCUT2D eigenvalue weighted by atomic mass is 16.5. The number of likely N-dealkylation sites (tertiary alicyclic amines) is 1. The zero-order valence-corrected chi connectivity index (χ0v) is 25.5. The third-order valence-corrected chi connectivity index (χ3v) is 8.86. The van der Waals surface area contributed by atoms with E-state index >= 15 is 0 Å². The minimum atomic E-state index is -0.0366. The fourth-order valence-electron chi connectivity index (χ4n) is 6.30. The molecule has 0 saturated carbocycles. The van der Waals surface area contributed by atoms with Crippen molar-refractivity contribution in [3.05, 3.63) is 96.3 Å². The number of hydrogen-bond acceptors (Lipinski definition) is 8. The summed E-state index contributed by atoms with van der Waals surface area (Å²) in [5.41, 5.74) is 10.6. The summed E-state index contributed by atoms with van der Waals surface area (Å²) in [4.78, 5) is 29.3. The summed E-state index contributed by atoms with van der Waals surface area (Å²) >= 11 is 0. The summed E-state index contributed by atoms with van der Waals surface area (Å²) < 4.78 is 7.92. The Morgan fingerprint density at radius 2 is 1.62 bits per heavy atom. The van der Waals surface area contributed by atoms with Crippen LogP contribution < -0.4 is 10.5 Å². The highest BCUT2D eigenvalue weighted by Gasteiger charge is 2.29. The van der Waals surface area contributed by atoms with Crippen LogP contribution in [-0.4, -0.2) is 86.7 Å². The van der Waals surface area contributed by atoms with Gasteiger partial charge in [0.25, 0.3) is 5.91 Å². The molecule has 5 aromatic rings. The van der Waals surface area contributed by atoms with Gasteiger partial charge < -0.3 is 20.3 Å². The molecule has 1 atom stereocenters. The number of para-hydroxylation sites is 1. The number of amides is 1. The molecule has 1 amide bonds. The highest BCUT2D eigenvalue weighted by Crippen LogP contribution is 2.35. The van der Waals surface area contributed by atoms with Gasteiger partial charge in [0, 0.05) is 56.9 Å². The van der Waals surface area contributed by atoms with E-state index in [1.54, 1.807) is 0 Å². The molecule has 10 heteroatoms. The summed E-state index contributed by atoms with van der Waals surface area (Å²) in [6, 6.07) is 25.6. The molecular formula is C35H38N8O2. The molecule has 0 aliphatic carbocycles. The average molecular weight is 603 g/mol. The monoisotopic (exact) mass is 602 g/mol. The quantitative estimate of drug-likeness (QED) is 0.275. The fraction of sp³-hybridized carbons (Fsp3) is 0.314. The minimum absolute atomic E-state index is 0.0366.